The molecule has 8 heteroatoms. The van der Waals surface area contributed by atoms with Crippen molar-refractivity contribution in [3.63, 3.8) is 0 Å². The lowest BCUT2D eigenvalue weighted by Gasteiger charge is -2.26. The molecule has 0 spiro atoms. The number of furan rings is 1. The summed E-state index contributed by atoms with van der Waals surface area (Å²) in [6.07, 6.45) is 7.83. The second-order valence-corrected chi connectivity index (χ2v) is 7.60. The van der Waals surface area contributed by atoms with Gasteiger partial charge in [-0.05, 0) is 62.1 Å². The number of allylic oxidation sites excluding steroid dienone is 2. The summed E-state index contributed by atoms with van der Waals surface area (Å²) < 4.78 is 24.1. The van der Waals surface area contributed by atoms with Gasteiger partial charge >= 0.3 is 0 Å². The van der Waals surface area contributed by atoms with Crippen molar-refractivity contribution in [2.45, 2.75) is 37.5 Å². The topological polar surface area (TPSA) is 72.4 Å². The Morgan fingerprint density at radius 1 is 1.17 bits per heavy atom. The Kier molecular flexibility index (Phi) is 6.09. The molecule has 0 atom stereocenters. The van der Waals surface area contributed by atoms with Crippen LogP contribution < -0.4 is 0 Å². The third kappa shape index (κ3) is 4.95. The maximum atomic E-state index is 13.1. The lowest BCUT2D eigenvalue weighted by molar-refractivity contribution is -0.127. The predicted octanol–water partition coefficient (Wildman–Crippen LogP) is 5.05. The number of aromatic nitrogens is 2. The van der Waals surface area contributed by atoms with Crippen molar-refractivity contribution in [3.8, 4) is 11.5 Å². The Hall–Kier alpha value is -2.87. The molecule has 1 aromatic carbocycles. The molecule has 0 saturated carbocycles. The number of rotatable bonds is 7. The molecule has 0 aliphatic heterocycles. The molecule has 0 bridgehead atoms. The van der Waals surface area contributed by atoms with Crippen LogP contribution in [0, 0.1) is 5.82 Å². The normalized spacial score (nSPS) is 13.9. The van der Waals surface area contributed by atoms with Crippen LogP contribution in [0.3, 0.4) is 0 Å². The molecule has 2 heterocycles. The van der Waals surface area contributed by atoms with Crippen LogP contribution in [0.2, 0.25) is 0 Å². The SMILES string of the molecule is O=C(CSc1nnc(-c2ccc(F)cc2)o1)N(Cc1ccco1)C1=CCCCC1. The van der Waals surface area contributed by atoms with E-state index in [4.69, 9.17) is 8.83 Å². The van der Waals surface area contributed by atoms with E-state index in [-0.39, 0.29) is 17.5 Å². The first kappa shape index (κ1) is 19.4. The quantitative estimate of drug-likeness (QED) is 0.505. The third-order valence-electron chi connectivity index (χ3n) is 4.63. The summed E-state index contributed by atoms with van der Waals surface area (Å²) in [5.74, 6) is 0.833. The highest BCUT2D eigenvalue weighted by molar-refractivity contribution is 7.99. The molecular weight excluding hydrogens is 393 g/mol. The molecular formula is C21H20FN3O3S. The lowest BCUT2D eigenvalue weighted by Crippen LogP contribution is -2.32. The maximum absolute atomic E-state index is 13.1. The van der Waals surface area contributed by atoms with Gasteiger partial charge in [0, 0.05) is 11.3 Å². The fourth-order valence-electron chi connectivity index (χ4n) is 3.15. The molecule has 1 amide bonds. The van der Waals surface area contributed by atoms with Gasteiger partial charge in [0.25, 0.3) is 5.22 Å². The lowest BCUT2D eigenvalue weighted by atomic mass is 10.0. The molecule has 6 nitrogen and oxygen atoms in total. The number of amides is 1. The number of benzene rings is 1. The number of carbonyl (C=O) groups is 1. The van der Waals surface area contributed by atoms with Gasteiger partial charge in [0.2, 0.25) is 11.8 Å². The Morgan fingerprint density at radius 3 is 2.76 bits per heavy atom. The molecule has 0 unspecified atom stereocenters. The molecule has 4 rings (SSSR count). The molecule has 1 aliphatic rings. The highest BCUT2D eigenvalue weighted by Crippen LogP contribution is 2.27. The number of hydrogen-bond acceptors (Lipinski definition) is 6. The van der Waals surface area contributed by atoms with Crippen LogP contribution >= 0.6 is 11.8 Å². The molecule has 1 aliphatic carbocycles. The first-order valence-corrected chi connectivity index (χ1v) is 10.4. The Bertz CT molecular complexity index is 983. The minimum atomic E-state index is -0.331. The van der Waals surface area contributed by atoms with E-state index in [1.807, 2.05) is 12.1 Å². The van der Waals surface area contributed by atoms with E-state index in [1.54, 1.807) is 23.3 Å². The van der Waals surface area contributed by atoms with Gasteiger partial charge in [0.15, 0.2) is 0 Å². The average molecular weight is 413 g/mol. The van der Waals surface area contributed by atoms with Crippen LogP contribution in [0.15, 0.2) is 68.5 Å². The minimum absolute atomic E-state index is 0.0407. The van der Waals surface area contributed by atoms with Gasteiger partial charge in [-0.25, -0.2) is 4.39 Å². The van der Waals surface area contributed by atoms with Crippen LogP contribution in [0.5, 0.6) is 0 Å². The number of thioether (sulfide) groups is 1. The predicted molar refractivity (Wildman–Crippen MR) is 106 cm³/mol. The Balaban J connectivity index is 1.42. The molecule has 29 heavy (non-hydrogen) atoms. The van der Waals surface area contributed by atoms with E-state index in [0.717, 1.165) is 37.1 Å². The summed E-state index contributed by atoms with van der Waals surface area (Å²) in [5.41, 5.74) is 1.67. The Morgan fingerprint density at radius 2 is 2.03 bits per heavy atom. The number of halogens is 1. The van der Waals surface area contributed by atoms with Gasteiger partial charge in [0.05, 0.1) is 18.6 Å². The van der Waals surface area contributed by atoms with Gasteiger partial charge in [-0.3, -0.25) is 4.79 Å². The van der Waals surface area contributed by atoms with E-state index in [1.165, 1.54) is 23.9 Å². The second-order valence-electron chi connectivity index (χ2n) is 6.67. The molecule has 150 valence electrons. The highest BCUT2D eigenvalue weighted by Gasteiger charge is 2.22. The Labute approximate surface area is 171 Å². The standard InChI is InChI=1S/C21H20FN3O3S/c22-16-10-8-15(9-11-16)20-23-24-21(28-20)29-14-19(26)25(13-18-7-4-12-27-18)17-5-2-1-3-6-17/h4-5,7-12H,1-3,6,13-14H2. The molecule has 0 saturated heterocycles. The van der Waals surface area contributed by atoms with E-state index in [0.29, 0.717) is 23.2 Å². The van der Waals surface area contributed by atoms with E-state index < -0.39 is 0 Å². The second kappa shape index (κ2) is 9.09. The van der Waals surface area contributed by atoms with E-state index in [9.17, 15) is 9.18 Å². The van der Waals surface area contributed by atoms with Crippen molar-refractivity contribution in [2.75, 3.05) is 5.75 Å². The molecule has 3 aromatic rings. The fourth-order valence-corrected chi connectivity index (χ4v) is 3.79. The van der Waals surface area contributed by atoms with Gasteiger partial charge in [-0.2, -0.15) is 0 Å². The van der Waals surface area contributed by atoms with Gasteiger partial charge < -0.3 is 13.7 Å². The summed E-state index contributed by atoms with van der Waals surface area (Å²) in [6.45, 7) is 0.406. The van der Waals surface area contributed by atoms with Crippen molar-refractivity contribution in [1.29, 1.82) is 0 Å². The van der Waals surface area contributed by atoms with Crippen LogP contribution in [0.25, 0.3) is 11.5 Å². The number of carbonyl (C=O) groups excluding carboxylic acids is 1. The number of nitrogens with zero attached hydrogens (tertiary/aromatic N) is 3. The monoisotopic (exact) mass is 413 g/mol. The van der Waals surface area contributed by atoms with Crippen LogP contribution in [-0.2, 0) is 11.3 Å². The van der Waals surface area contributed by atoms with Crippen molar-refractivity contribution in [1.82, 2.24) is 15.1 Å². The summed E-state index contributed by atoms with van der Waals surface area (Å²) >= 11 is 1.19. The summed E-state index contributed by atoms with van der Waals surface area (Å²) in [7, 11) is 0. The molecule has 2 aromatic heterocycles. The van der Waals surface area contributed by atoms with Crippen LogP contribution in [0.4, 0.5) is 4.39 Å². The summed E-state index contributed by atoms with van der Waals surface area (Å²) in [6, 6.07) is 9.49. The van der Waals surface area contributed by atoms with Crippen molar-refractivity contribution < 1.29 is 18.0 Å². The van der Waals surface area contributed by atoms with Crippen LogP contribution in [-0.4, -0.2) is 26.8 Å². The van der Waals surface area contributed by atoms with Gasteiger partial charge in [-0.1, -0.05) is 17.8 Å². The zero-order valence-electron chi connectivity index (χ0n) is 15.7. The van der Waals surface area contributed by atoms with E-state index >= 15 is 0 Å². The van der Waals surface area contributed by atoms with Crippen molar-refractivity contribution >= 4 is 17.7 Å². The van der Waals surface area contributed by atoms with Crippen LogP contribution in [0.1, 0.15) is 31.4 Å². The minimum Gasteiger partial charge on any atom is -0.467 e. The van der Waals surface area contributed by atoms with Crippen molar-refractivity contribution in [2.24, 2.45) is 0 Å². The number of hydrogen-bond donors (Lipinski definition) is 0. The first-order chi connectivity index (χ1) is 14.2. The maximum Gasteiger partial charge on any atom is 0.277 e. The molecule has 0 radical (unpaired) electrons. The summed E-state index contributed by atoms with van der Waals surface area (Å²) in [5, 5.41) is 8.26. The summed E-state index contributed by atoms with van der Waals surface area (Å²) in [4.78, 5) is 14.7. The van der Waals surface area contributed by atoms with Crippen molar-refractivity contribution in [3.05, 3.63) is 66.0 Å². The molecule has 0 N–H and O–H groups in total. The third-order valence-corrected chi connectivity index (χ3v) is 5.43. The first-order valence-electron chi connectivity index (χ1n) is 9.43. The van der Waals surface area contributed by atoms with E-state index in [2.05, 4.69) is 16.3 Å². The largest absolute Gasteiger partial charge is 0.467 e. The smallest absolute Gasteiger partial charge is 0.277 e. The molecule has 0 fully saturated rings. The zero-order chi connectivity index (χ0) is 20.1. The average Bonchev–Trinajstić information content (AvgIpc) is 3.44. The van der Waals surface area contributed by atoms with Gasteiger partial charge in [0.1, 0.15) is 11.6 Å². The zero-order valence-corrected chi connectivity index (χ0v) is 16.5. The van der Waals surface area contributed by atoms with Gasteiger partial charge in [-0.15, -0.1) is 10.2 Å². The fraction of sp³-hybridized carbons (Fsp3) is 0.286. The highest BCUT2D eigenvalue weighted by atomic mass is 32.2.